The number of benzene rings is 1. The van der Waals surface area contributed by atoms with Gasteiger partial charge in [-0.15, -0.1) is 0 Å². The largest absolute Gasteiger partial charge is 0.495 e. The van der Waals surface area contributed by atoms with E-state index in [0.29, 0.717) is 29.5 Å². The topological polar surface area (TPSA) is 50.8 Å². The van der Waals surface area contributed by atoms with E-state index in [-0.39, 0.29) is 5.91 Å². The lowest BCUT2D eigenvalue weighted by Gasteiger charge is -2.26. The molecular weight excluding hydrogens is 304 g/mol. The lowest BCUT2D eigenvalue weighted by atomic mass is 10.1. The first-order chi connectivity index (χ1) is 10.7. The monoisotopic (exact) mass is 326 g/mol. The Morgan fingerprint density at radius 1 is 1.18 bits per heavy atom. The predicted octanol–water partition coefficient (Wildman–Crippen LogP) is 3.17. The Hall–Kier alpha value is -1.62. The highest BCUT2D eigenvalue weighted by atomic mass is 35.5. The first kappa shape index (κ1) is 16.7. The van der Waals surface area contributed by atoms with Crippen LogP contribution < -0.4 is 14.8 Å². The van der Waals surface area contributed by atoms with Crippen LogP contribution in [0, 0.1) is 0 Å². The van der Waals surface area contributed by atoms with Gasteiger partial charge in [-0.2, -0.15) is 0 Å². The van der Waals surface area contributed by atoms with Crippen molar-refractivity contribution >= 4 is 23.2 Å². The number of rotatable bonds is 6. The molecule has 0 aliphatic carbocycles. The Morgan fingerprint density at radius 3 is 2.50 bits per heavy atom. The van der Waals surface area contributed by atoms with Gasteiger partial charge in [0.15, 0.2) is 0 Å². The standard InChI is InChI=1S/C16H23ClN2O3/c1-21-14-11-13(15(22-2)10-12(14)17)18-7-6-16(20)19-8-4-3-5-9-19/h10-11,18H,3-9H2,1-2H3. The van der Waals surface area contributed by atoms with E-state index >= 15 is 0 Å². The van der Waals surface area contributed by atoms with Crippen LogP contribution in [-0.4, -0.2) is 44.7 Å². The zero-order valence-electron chi connectivity index (χ0n) is 13.2. The third kappa shape index (κ3) is 4.19. The summed E-state index contributed by atoms with van der Waals surface area (Å²) in [5.74, 6) is 1.41. The summed E-state index contributed by atoms with van der Waals surface area (Å²) >= 11 is 6.07. The molecule has 1 fully saturated rings. The zero-order valence-corrected chi connectivity index (χ0v) is 13.9. The molecule has 1 saturated heterocycles. The van der Waals surface area contributed by atoms with Gasteiger partial charge in [0.05, 0.1) is 24.9 Å². The Bertz CT molecular complexity index is 516. The number of nitrogens with zero attached hydrogens (tertiary/aromatic N) is 1. The van der Waals surface area contributed by atoms with Crippen molar-refractivity contribution in [1.82, 2.24) is 4.90 Å². The highest BCUT2D eigenvalue weighted by molar-refractivity contribution is 6.32. The van der Waals surface area contributed by atoms with Gasteiger partial charge in [0, 0.05) is 38.2 Å². The number of carbonyl (C=O) groups excluding carboxylic acids is 1. The van der Waals surface area contributed by atoms with Crippen molar-refractivity contribution in [3.05, 3.63) is 17.2 Å². The molecule has 2 rings (SSSR count). The minimum atomic E-state index is 0.201. The second-order valence-corrected chi connectivity index (χ2v) is 5.71. The summed E-state index contributed by atoms with van der Waals surface area (Å²) in [5, 5.41) is 3.72. The van der Waals surface area contributed by atoms with Gasteiger partial charge in [-0.3, -0.25) is 4.79 Å². The Morgan fingerprint density at radius 2 is 1.86 bits per heavy atom. The zero-order chi connectivity index (χ0) is 15.9. The van der Waals surface area contributed by atoms with Gasteiger partial charge in [0.2, 0.25) is 5.91 Å². The van der Waals surface area contributed by atoms with E-state index in [2.05, 4.69) is 5.32 Å². The van der Waals surface area contributed by atoms with E-state index in [1.165, 1.54) is 6.42 Å². The number of carbonyl (C=O) groups is 1. The summed E-state index contributed by atoms with van der Waals surface area (Å²) in [6.07, 6.45) is 3.92. The lowest BCUT2D eigenvalue weighted by molar-refractivity contribution is -0.131. The van der Waals surface area contributed by atoms with Gasteiger partial charge >= 0.3 is 0 Å². The SMILES string of the molecule is COc1cc(NCCC(=O)N2CCCCC2)c(OC)cc1Cl. The molecule has 1 aromatic rings. The highest BCUT2D eigenvalue weighted by Crippen LogP contribution is 2.35. The summed E-state index contributed by atoms with van der Waals surface area (Å²) in [6.45, 7) is 2.32. The molecule has 122 valence electrons. The average molecular weight is 327 g/mol. The fraction of sp³-hybridized carbons (Fsp3) is 0.562. The van der Waals surface area contributed by atoms with Crippen LogP contribution in [0.2, 0.25) is 5.02 Å². The van der Waals surface area contributed by atoms with E-state index in [9.17, 15) is 4.79 Å². The molecule has 6 heteroatoms. The second kappa shape index (κ2) is 8.13. The van der Waals surface area contributed by atoms with Gasteiger partial charge in [-0.1, -0.05) is 11.6 Å². The number of halogens is 1. The van der Waals surface area contributed by atoms with Crippen LogP contribution in [0.5, 0.6) is 11.5 Å². The summed E-state index contributed by atoms with van der Waals surface area (Å²) in [6, 6.07) is 3.49. The Kier molecular flexibility index (Phi) is 6.19. The molecule has 1 aromatic carbocycles. The quantitative estimate of drug-likeness (QED) is 0.872. The predicted molar refractivity (Wildman–Crippen MR) is 88.1 cm³/mol. The summed E-state index contributed by atoms with van der Waals surface area (Å²) in [7, 11) is 3.15. The molecule has 0 bridgehead atoms. The number of hydrogen-bond acceptors (Lipinski definition) is 4. The van der Waals surface area contributed by atoms with Crippen molar-refractivity contribution in [2.45, 2.75) is 25.7 Å². The van der Waals surface area contributed by atoms with E-state index in [1.54, 1.807) is 26.4 Å². The average Bonchev–Trinajstić information content (AvgIpc) is 2.56. The lowest BCUT2D eigenvalue weighted by Crippen LogP contribution is -2.36. The summed E-state index contributed by atoms with van der Waals surface area (Å²) in [4.78, 5) is 14.1. The maximum atomic E-state index is 12.1. The fourth-order valence-electron chi connectivity index (χ4n) is 2.60. The molecule has 0 spiro atoms. The van der Waals surface area contributed by atoms with Crippen LogP contribution >= 0.6 is 11.6 Å². The van der Waals surface area contributed by atoms with Crippen LogP contribution in [0.3, 0.4) is 0 Å². The van der Waals surface area contributed by atoms with E-state index in [4.69, 9.17) is 21.1 Å². The summed E-state index contributed by atoms with van der Waals surface area (Å²) < 4.78 is 10.5. The number of methoxy groups -OCH3 is 2. The van der Waals surface area contributed by atoms with Crippen LogP contribution in [-0.2, 0) is 4.79 Å². The van der Waals surface area contributed by atoms with Crippen LogP contribution in [0.25, 0.3) is 0 Å². The minimum absolute atomic E-state index is 0.201. The molecule has 1 amide bonds. The summed E-state index contributed by atoms with van der Waals surface area (Å²) in [5.41, 5.74) is 0.773. The van der Waals surface area contributed by atoms with Gasteiger partial charge in [0.1, 0.15) is 11.5 Å². The molecule has 0 saturated carbocycles. The molecule has 1 aliphatic rings. The number of likely N-dealkylation sites (tertiary alicyclic amines) is 1. The van der Waals surface area contributed by atoms with Crippen molar-refractivity contribution in [2.75, 3.05) is 39.2 Å². The number of anilines is 1. The molecular formula is C16H23ClN2O3. The maximum absolute atomic E-state index is 12.1. The Balaban J connectivity index is 1.91. The Labute approximate surface area is 136 Å². The second-order valence-electron chi connectivity index (χ2n) is 5.31. The smallest absolute Gasteiger partial charge is 0.224 e. The number of amides is 1. The molecule has 1 aliphatic heterocycles. The van der Waals surface area contributed by atoms with Gasteiger partial charge < -0.3 is 19.7 Å². The van der Waals surface area contributed by atoms with Crippen LogP contribution in [0.1, 0.15) is 25.7 Å². The van der Waals surface area contributed by atoms with Gasteiger partial charge in [-0.25, -0.2) is 0 Å². The van der Waals surface area contributed by atoms with Crippen molar-refractivity contribution in [3.8, 4) is 11.5 Å². The molecule has 0 radical (unpaired) electrons. The molecule has 1 N–H and O–H groups in total. The molecule has 0 aromatic heterocycles. The first-order valence-electron chi connectivity index (χ1n) is 7.59. The third-order valence-corrected chi connectivity index (χ3v) is 4.13. The van der Waals surface area contributed by atoms with Gasteiger partial charge in [-0.05, 0) is 19.3 Å². The molecule has 22 heavy (non-hydrogen) atoms. The number of piperidine rings is 1. The van der Waals surface area contributed by atoms with E-state index < -0.39 is 0 Å². The van der Waals surface area contributed by atoms with Crippen LogP contribution in [0.4, 0.5) is 5.69 Å². The van der Waals surface area contributed by atoms with Crippen molar-refractivity contribution < 1.29 is 14.3 Å². The first-order valence-corrected chi connectivity index (χ1v) is 7.96. The van der Waals surface area contributed by atoms with Crippen molar-refractivity contribution in [1.29, 1.82) is 0 Å². The van der Waals surface area contributed by atoms with Crippen LogP contribution in [0.15, 0.2) is 12.1 Å². The molecule has 0 atom stereocenters. The normalized spacial score (nSPS) is 14.6. The van der Waals surface area contributed by atoms with Crippen molar-refractivity contribution in [2.24, 2.45) is 0 Å². The number of nitrogens with one attached hydrogen (secondary N) is 1. The molecule has 0 unspecified atom stereocenters. The van der Waals surface area contributed by atoms with E-state index in [0.717, 1.165) is 31.6 Å². The van der Waals surface area contributed by atoms with Gasteiger partial charge in [0.25, 0.3) is 0 Å². The van der Waals surface area contributed by atoms with Crippen molar-refractivity contribution in [3.63, 3.8) is 0 Å². The molecule has 1 heterocycles. The highest BCUT2D eigenvalue weighted by Gasteiger charge is 2.16. The minimum Gasteiger partial charge on any atom is -0.495 e. The number of ether oxygens (including phenoxy) is 2. The number of hydrogen-bond donors (Lipinski definition) is 1. The maximum Gasteiger partial charge on any atom is 0.224 e. The third-order valence-electron chi connectivity index (χ3n) is 3.84. The van der Waals surface area contributed by atoms with E-state index in [1.807, 2.05) is 4.90 Å². The molecule has 5 nitrogen and oxygen atoms in total. The fourth-order valence-corrected chi connectivity index (χ4v) is 2.83.